The van der Waals surface area contributed by atoms with Gasteiger partial charge in [-0.15, -0.1) is 0 Å². The summed E-state index contributed by atoms with van der Waals surface area (Å²) in [4.78, 5) is 10.8. The molecule has 0 aromatic heterocycles. The van der Waals surface area contributed by atoms with Crippen molar-refractivity contribution in [3.05, 3.63) is 0 Å². The second kappa shape index (κ2) is 8.05. The van der Waals surface area contributed by atoms with Crippen molar-refractivity contribution in [1.82, 2.24) is 5.32 Å². The molecule has 1 unspecified atom stereocenters. The minimum absolute atomic E-state index is 0.140. The van der Waals surface area contributed by atoms with Gasteiger partial charge >= 0.3 is 5.97 Å². The summed E-state index contributed by atoms with van der Waals surface area (Å²) >= 11 is 0. The second-order valence-corrected chi connectivity index (χ2v) is 3.17. The van der Waals surface area contributed by atoms with Crippen molar-refractivity contribution in [3.63, 3.8) is 0 Å². The maximum Gasteiger partial charge on any atom is 0.306 e. The molecular weight excluding hydrogens is 166 g/mol. The molecule has 0 aliphatic rings. The van der Waals surface area contributed by atoms with Gasteiger partial charge < -0.3 is 10.1 Å². The van der Waals surface area contributed by atoms with Crippen molar-refractivity contribution >= 4 is 5.97 Å². The Labute approximate surface area is 80.8 Å². The van der Waals surface area contributed by atoms with Crippen LogP contribution < -0.4 is 5.32 Å². The molecule has 0 aromatic rings. The van der Waals surface area contributed by atoms with Crippen LogP contribution in [0.15, 0.2) is 0 Å². The lowest BCUT2D eigenvalue weighted by molar-refractivity contribution is -0.140. The summed E-state index contributed by atoms with van der Waals surface area (Å²) in [6, 6.07) is 0.551. The Balaban J connectivity index is 3.42. The predicted octanol–water partition coefficient (Wildman–Crippen LogP) is 1.72. The van der Waals surface area contributed by atoms with Crippen LogP contribution in [0.1, 0.15) is 39.5 Å². The largest absolute Gasteiger partial charge is 0.469 e. The van der Waals surface area contributed by atoms with Crippen LogP contribution in [0.3, 0.4) is 0 Å². The van der Waals surface area contributed by atoms with E-state index >= 15 is 0 Å². The average Bonchev–Trinajstić information content (AvgIpc) is 2.16. The zero-order valence-electron chi connectivity index (χ0n) is 8.93. The third kappa shape index (κ3) is 6.58. The molecule has 0 saturated carbocycles. The molecule has 13 heavy (non-hydrogen) atoms. The number of nitrogens with one attached hydrogen (secondary N) is 1. The zero-order chi connectivity index (χ0) is 10.1. The minimum Gasteiger partial charge on any atom is -0.469 e. The highest BCUT2D eigenvalue weighted by Gasteiger charge is 2.05. The fourth-order valence-electron chi connectivity index (χ4n) is 1.28. The highest BCUT2D eigenvalue weighted by Crippen LogP contribution is 2.00. The topological polar surface area (TPSA) is 38.3 Å². The average molecular weight is 187 g/mol. The first-order valence-electron chi connectivity index (χ1n) is 5.04. The molecule has 0 rings (SSSR count). The predicted molar refractivity (Wildman–Crippen MR) is 53.6 cm³/mol. The van der Waals surface area contributed by atoms with Crippen LogP contribution in [0.4, 0.5) is 0 Å². The molecule has 0 aliphatic heterocycles. The SMILES string of the molecule is CCCC(CC)NCCC(=O)OC. The molecule has 0 amide bonds. The standard InChI is InChI=1S/C10H21NO2/c1-4-6-9(5-2)11-8-7-10(12)13-3/h9,11H,4-8H2,1-3H3. The molecule has 1 atom stereocenters. The summed E-state index contributed by atoms with van der Waals surface area (Å²) in [6.45, 7) is 5.06. The van der Waals surface area contributed by atoms with Gasteiger partial charge in [-0.05, 0) is 12.8 Å². The summed E-state index contributed by atoms with van der Waals surface area (Å²) < 4.78 is 4.55. The third-order valence-electron chi connectivity index (χ3n) is 2.12. The number of hydrogen-bond donors (Lipinski definition) is 1. The van der Waals surface area contributed by atoms with Gasteiger partial charge in [0.2, 0.25) is 0 Å². The number of ether oxygens (including phenoxy) is 1. The first kappa shape index (κ1) is 12.4. The van der Waals surface area contributed by atoms with Crippen LogP contribution in [0.5, 0.6) is 0 Å². The highest BCUT2D eigenvalue weighted by atomic mass is 16.5. The van der Waals surface area contributed by atoms with Crippen molar-refractivity contribution in [1.29, 1.82) is 0 Å². The molecule has 0 saturated heterocycles. The molecule has 3 nitrogen and oxygen atoms in total. The van der Waals surface area contributed by atoms with Crippen LogP contribution in [0, 0.1) is 0 Å². The highest BCUT2D eigenvalue weighted by molar-refractivity contribution is 5.69. The van der Waals surface area contributed by atoms with Crippen LogP contribution >= 0.6 is 0 Å². The van der Waals surface area contributed by atoms with E-state index < -0.39 is 0 Å². The van der Waals surface area contributed by atoms with Gasteiger partial charge in [-0.25, -0.2) is 0 Å². The molecule has 1 N–H and O–H groups in total. The van der Waals surface area contributed by atoms with E-state index in [-0.39, 0.29) is 5.97 Å². The van der Waals surface area contributed by atoms with Crippen LogP contribution in [-0.4, -0.2) is 25.7 Å². The lowest BCUT2D eigenvalue weighted by atomic mass is 10.1. The van der Waals surface area contributed by atoms with Gasteiger partial charge in [0, 0.05) is 12.6 Å². The first-order chi connectivity index (χ1) is 6.24. The third-order valence-corrected chi connectivity index (χ3v) is 2.12. The Morgan fingerprint density at radius 1 is 1.46 bits per heavy atom. The van der Waals surface area contributed by atoms with E-state index in [4.69, 9.17) is 0 Å². The van der Waals surface area contributed by atoms with Crippen LogP contribution in [0.25, 0.3) is 0 Å². The summed E-state index contributed by atoms with van der Waals surface area (Å²) in [5.74, 6) is -0.140. The van der Waals surface area contributed by atoms with Crippen LogP contribution in [0.2, 0.25) is 0 Å². The summed E-state index contributed by atoms with van der Waals surface area (Å²) in [5, 5.41) is 3.33. The van der Waals surface area contributed by atoms with Crippen molar-refractivity contribution in [2.24, 2.45) is 0 Å². The Morgan fingerprint density at radius 3 is 2.62 bits per heavy atom. The van der Waals surface area contributed by atoms with Gasteiger partial charge in [0.25, 0.3) is 0 Å². The van der Waals surface area contributed by atoms with Crippen LogP contribution in [-0.2, 0) is 9.53 Å². The zero-order valence-corrected chi connectivity index (χ0v) is 8.93. The fraction of sp³-hybridized carbons (Fsp3) is 0.900. The molecule has 78 valence electrons. The van der Waals surface area contributed by atoms with Gasteiger partial charge in [-0.2, -0.15) is 0 Å². The number of esters is 1. The van der Waals surface area contributed by atoms with Gasteiger partial charge in [0.05, 0.1) is 13.5 Å². The molecule has 0 fully saturated rings. The number of carbonyl (C=O) groups is 1. The quantitative estimate of drug-likeness (QED) is 0.617. The van der Waals surface area contributed by atoms with Gasteiger partial charge in [0.15, 0.2) is 0 Å². The lowest BCUT2D eigenvalue weighted by Crippen LogP contribution is -2.30. The van der Waals surface area contributed by atoms with E-state index in [1.807, 2.05) is 0 Å². The van der Waals surface area contributed by atoms with E-state index in [2.05, 4.69) is 23.9 Å². The molecule has 3 heteroatoms. The van der Waals surface area contributed by atoms with Crippen molar-refractivity contribution in [3.8, 4) is 0 Å². The smallest absolute Gasteiger partial charge is 0.306 e. The fourth-order valence-corrected chi connectivity index (χ4v) is 1.28. The Bertz CT molecular complexity index is 137. The van der Waals surface area contributed by atoms with Gasteiger partial charge in [-0.1, -0.05) is 20.3 Å². The van der Waals surface area contributed by atoms with Gasteiger partial charge in [0.1, 0.15) is 0 Å². The molecule has 0 radical (unpaired) electrons. The molecule has 0 aromatic carbocycles. The van der Waals surface area contributed by atoms with Gasteiger partial charge in [-0.3, -0.25) is 4.79 Å². The maximum absolute atomic E-state index is 10.8. The Hall–Kier alpha value is -0.570. The normalized spacial score (nSPS) is 12.5. The summed E-state index contributed by atoms with van der Waals surface area (Å²) in [6.07, 6.45) is 3.95. The molecule has 0 bridgehead atoms. The van der Waals surface area contributed by atoms with E-state index in [1.165, 1.54) is 20.0 Å². The lowest BCUT2D eigenvalue weighted by Gasteiger charge is -2.15. The monoisotopic (exact) mass is 187 g/mol. The summed E-state index contributed by atoms with van der Waals surface area (Å²) in [7, 11) is 1.42. The molecule has 0 spiro atoms. The van der Waals surface area contributed by atoms with Crippen molar-refractivity contribution in [2.75, 3.05) is 13.7 Å². The van der Waals surface area contributed by atoms with E-state index in [9.17, 15) is 4.79 Å². The van der Waals surface area contributed by atoms with Crippen molar-refractivity contribution in [2.45, 2.75) is 45.6 Å². The van der Waals surface area contributed by atoms with E-state index in [0.717, 1.165) is 13.0 Å². The number of carbonyl (C=O) groups excluding carboxylic acids is 1. The summed E-state index contributed by atoms with van der Waals surface area (Å²) in [5.41, 5.74) is 0. The maximum atomic E-state index is 10.8. The molecule has 0 heterocycles. The van der Waals surface area contributed by atoms with Crippen molar-refractivity contribution < 1.29 is 9.53 Å². The number of methoxy groups -OCH3 is 1. The molecule has 0 aliphatic carbocycles. The first-order valence-corrected chi connectivity index (χ1v) is 5.04. The Kier molecular flexibility index (Phi) is 7.69. The molecular formula is C10H21NO2. The van der Waals surface area contributed by atoms with E-state index in [1.54, 1.807) is 0 Å². The second-order valence-electron chi connectivity index (χ2n) is 3.17. The van der Waals surface area contributed by atoms with E-state index in [0.29, 0.717) is 12.5 Å². The Morgan fingerprint density at radius 2 is 2.15 bits per heavy atom. The number of hydrogen-bond acceptors (Lipinski definition) is 3. The number of rotatable bonds is 7. The minimum atomic E-state index is -0.140.